The molecule has 1 aromatic rings. The maximum Gasteiger partial charge on any atom is 0.191 e. The molecule has 0 spiro atoms. The van der Waals surface area contributed by atoms with E-state index in [2.05, 4.69) is 52.8 Å². The lowest BCUT2D eigenvalue weighted by molar-refractivity contribution is 0.0342. The van der Waals surface area contributed by atoms with E-state index in [0.29, 0.717) is 6.54 Å². The minimum absolute atomic E-state index is 0.703. The molecule has 0 bridgehead atoms. The zero-order chi connectivity index (χ0) is 19.4. The van der Waals surface area contributed by atoms with Gasteiger partial charge in [-0.05, 0) is 50.2 Å². The van der Waals surface area contributed by atoms with Crippen LogP contribution in [-0.4, -0.2) is 50.3 Å². The first-order chi connectivity index (χ1) is 13.8. The molecule has 1 aliphatic carbocycles. The quantitative estimate of drug-likeness (QED) is 0.409. The fourth-order valence-corrected chi connectivity index (χ4v) is 3.83. The van der Waals surface area contributed by atoms with Crippen molar-refractivity contribution in [3.63, 3.8) is 0 Å². The third-order valence-electron chi connectivity index (χ3n) is 5.39. The molecule has 5 nitrogen and oxygen atoms in total. The maximum absolute atomic E-state index is 5.44. The molecule has 0 atom stereocenters. The van der Waals surface area contributed by atoms with Gasteiger partial charge in [-0.3, -0.25) is 4.90 Å². The molecular formula is C23H36N4O. The van der Waals surface area contributed by atoms with Crippen molar-refractivity contribution >= 4 is 5.96 Å². The van der Waals surface area contributed by atoms with E-state index >= 15 is 0 Å². The molecule has 0 saturated carbocycles. The highest BCUT2D eigenvalue weighted by Gasteiger charge is 2.10. The molecule has 28 heavy (non-hydrogen) atoms. The number of allylic oxidation sites excluding steroid dienone is 1. The lowest BCUT2D eigenvalue weighted by Crippen LogP contribution is -2.37. The van der Waals surface area contributed by atoms with Crippen molar-refractivity contribution in [3.8, 4) is 0 Å². The lowest BCUT2D eigenvalue weighted by Gasteiger charge is -2.26. The number of benzene rings is 1. The number of ether oxygens (including phenoxy) is 1. The fraction of sp³-hybridized carbons (Fsp3) is 0.609. The molecule has 2 N–H and O–H groups in total. The van der Waals surface area contributed by atoms with Gasteiger partial charge < -0.3 is 15.4 Å². The summed E-state index contributed by atoms with van der Waals surface area (Å²) in [5.74, 6) is 0.914. The van der Waals surface area contributed by atoms with Crippen LogP contribution in [-0.2, 0) is 17.8 Å². The molecule has 1 aromatic carbocycles. The van der Waals surface area contributed by atoms with Crippen LogP contribution >= 0.6 is 0 Å². The Kier molecular flexibility index (Phi) is 8.85. The van der Waals surface area contributed by atoms with Gasteiger partial charge in [0, 0.05) is 32.7 Å². The van der Waals surface area contributed by atoms with Crippen molar-refractivity contribution in [2.75, 3.05) is 39.4 Å². The summed E-state index contributed by atoms with van der Waals surface area (Å²) in [6.45, 7) is 9.38. The van der Waals surface area contributed by atoms with Gasteiger partial charge in [0.25, 0.3) is 0 Å². The van der Waals surface area contributed by atoms with Gasteiger partial charge in [0.05, 0.1) is 19.8 Å². The Bertz CT molecular complexity index is 650. The van der Waals surface area contributed by atoms with E-state index in [0.717, 1.165) is 58.3 Å². The topological polar surface area (TPSA) is 48.9 Å². The fourth-order valence-electron chi connectivity index (χ4n) is 3.83. The maximum atomic E-state index is 5.44. The van der Waals surface area contributed by atoms with E-state index in [1.54, 1.807) is 5.57 Å². The van der Waals surface area contributed by atoms with Gasteiger partial charge in [-0.25, -0.2) is 4.99 Å². The van der Waals surface area contributed by atoms with Crippen molar-refractivity contribution in [3.05, 3.63) is 47.0 Å². The van der Waals surface area contributed by atoms with Gasteiger partial charge in [-0.15, -0.1) is 0 Å². The van der Waals surface area contributed by atoms with Crippen molar-refractivity contribution < 1.29 is 4.74 Å². The molecule has 3 rings (SSSR count). The monoisotopic (exact) mass is 384 g/mol. The standard InChI is InChI=1S/C23H36N4O/c1-2-24-23(25-12-11-20-7-4-3-5-8-20)26-18-21-9-6-10-22(17-21)19-27-13-15-28-16-14-27/h6-7,9-10,17H,2-5,8,11-16,18-19H2,1H3,(H2,24,25,26). The second kappa shape index (κ2) is 11.9. The lowest BCUT2D eigenvalue weighted by atomic mass is 9.97. The first-order valence-electron chi connectivity index (χ1n) is 10.9. The number of guanidine groups is 1. The molecule has 154 valence electrons. The number of hydrogen-bond acceptors (Lipinski definition) is 3. The summed E-state index contributed by atoms with van der Waals surface area (Å²) in [6.07, 6.45) is 8.77. The summed E-state index contributed by atoms with van der Waals surface area (Å²) >= 11 is 0. The van der Waals surface area contributed by atoms with Crippen molar-refractivity contribution in [2.24, 2.45) is 4.99 Å². The molecule has 1 fully saturated rings. The summed E-state index contributed by atoms with van der Waals surface area (Å²) in [5.41, 5.74) is 4.22. The van der Waals surface area contributed by atoms with Gasteiger partial charge in [-0.2, -0.15) is 0 Å². The predicted octanol–water partition coefficient (Wildman–Crippen LogP) is 3.46. The molecule has 0 radical (unpaired) electrons. The van der Waals surface area contributed by atoms with Crippen molar-refractivity contribution in [1.82, 2.24) is 15.5 Å². The van der Waals surface area contributed by atoms with Gasteiger partial charge in [0.2, 0.25) is 0 Å². The molecular weight excluding hydrogens is 348 g/mol. The van der Waals surface area contributed by atoms with E-state index in [4.69, 9.17) is 9.73 Å². The Balaban J connectivity index is 1.50. The summed E-state index contributed by atoms with van der Waals surface area (Å²) in [5, 5.41) is 6.86. The van der Waals surface area contributed by atoms with Crippen LogP contribution in [0.4, 0.5) is 0 Å². The van der Waals surface area contributed by atoms with Crippen LogP contribution in [0.2, 0.25) is 0 Å². The Morgan fingerprint density at radius 2 is 2.00 bits per heavy atom. The van der Waals surface area contributed by atoms with Crippen LogP contribution in [0, 0.1) is 0 Å². The number of rotatable bonds is 8. The molecule has 5 heteroatoms. The summed E-state index contributed by atoms with van der Waals surface area (Å²) in [7, 11) is 0. The smallest absolute Gasteiger partial charge is 0.191 e. The van der Waals surface area contributed by atoms with Crippen LogP contribution in [0.25, 0.3) is 0 Å². The minimum atomic E-state index is 0.703. The summed E-state index contributed by atoms with van der Waals surface area (Å²) < 4.78 is 5.44. The van der Waals surface area contributed by atoms with Crippen molar-refractivity contribution in [2.45, 2.75) is 52.1 Å². The normalized spacial score (nSPS) is 18.6. The third kappa shape index (κ3) is 7.28. The zero-order valence-corrected chi connectivity index (χ0v) is 17.4. The second-order valence-corrected chi connectivity index (χ2v) is 7.69. The van der Waals surface area contributed by atoms with Gasteiger partial charge in [-0.1, -0.05) is 35.9 Å². The Morgan fingerprint density at radius 3 is 2.79 bits per heavy atom. The van der Waals surface area contributed by atoms with E-state index in [9.17, 15) is 0 Å². The van der Waals surface area contributed by atoms with E-state index in [1.165, 1.54) is 36.8 Å². The average molecular weight is 385 g/mol. The highest BCUT2D eigenvalue weighted by atomic mass is 16.5. The average Bonchev–Trinajstić information content (AvgIpc) is 2.74. The highest BCUT2D eigenvalue weighted by molar-refractivity contribution is 5.79. The largest absolute Gasteiger partial charge is 0.379 e. The van der Waals surface area contributed by atoms with Gasteiger partial charge in [0.1, 0.15) is 0 Å². The predicted molar refractivity (Wildman–Crippen MR) is 117 cm³/mol. The second-order valence-electron chi connectivity index (χ2n) is 7.69. The van der Waals surface area contributed by atoms with Crippen LogP contribution < -0.4 is 10.6 Å². The number of morpholine rings is 1. The van der Waals surface area contributed by atoms with E-state index < -0.39 is 0 Å². The number of nitrogens with zero attached hydrogens (tertiary/aromatic N) is 2. The SMILES string of the molecule is CCNC(=NCc1cccc(CN2CCOCC2)c1)NCCC1=CCCCC1. The van der Waals surface area contributed by atoms with E-state index in [1.807, 2.05) is 0 Å². The van der Waals surface area contributed by atoms with Gasteiger partial charge >= 0.3 is 0 Å². The summed E-state index contributed by atoms with van der Waals surface area (Å²) in [6, 6.07) is 8.82. The van der Waals surface area contributed by atoms with Crippen LogP contribution in [0.5, 0.6) is 0 Å². The van der Waals surface area contributed by atoms with Crippen LogP contribution in [0.3, 0.4) is 0 Å². The van der Waals surface area contributed by atoms with Gasteiger partial charge in [0.15, 0.2) is 5.96 Å². The van der Waals surface area contributed by atoms with E-state index in [-0.39, 0.29) is 0 Å². The Morgan fingerprint density at radius 1 is 1.14 bits per heavy atom. The molecule has 0 amide bonds. The number of aliphatic imine (C=N–C) groups is 1. The Hall–Kier alpha value is -1.85. The zero-order valence-electron chi connectivity index (χ0n) is 17.4. The third-order valence-corrected chi connectivity index (χ3v) is 5.39. The summed E-state index contributed by atoms with van der Waals surface area (Å²) in [4.78, 5) is 7.25. The Labute approximate surface area is 170 Å². The number of hydrogen-bond donors (Lipinski definition) is 2. The van der Waals surface area contributed by atoms with Crippen molar-refractivity contribution in [1.29, 1.82) is 0 Å². The molecule has 1 aliphatic heterocycles. The molecule has 2 aliphatic rings. The van der Waals surface area contributed by atoms with Crippen LogP contribution in [0.1, 0.15) is 50.2 Å². The van der Waals surface area contributed by atoms with Crippen LogP contribution in [0.15, 0.2) is 40.9 Å². The molecule has 1 heterocycles. The minimum Gasteiger partial charge on any atom is -0.379 e. The first kappa shape index (κ1) is 20.9. The molecule has 1 saturated heterocycles. The molecule has 0 aromatic heterocycles. The molecule has 0 unspecified atom stereocenters. The highest BCUT2D eigenvalue weighted by Crippen LogP contribution is 2.19. The number of nitrogens with one attached hydrogen (secondary N) is 2. The first-order valence-corrected chi connectivity index (χ1v) is 10.9.